The Kier molecular flexibility index (Phi) is 3.60. The molecule has 5 rings (SSSR count). The molecular weight excluding hydrogens is 347 g/mol. The van der Waals surface area contributed by atoms with Crippen LogP contribution in [0.25, 0.3) is 31.3 Å². The van der Waals surface area contributed by atoms with E-state index in [0.29, 0.717) is 0 Å². The maximum atomic E-state index is 6.23. The summed E-state index contributed by atoms with van der Waals surface area (Å²) in [6, 6.07) is 24.4. The summed E-state index contributed by atoms with van der Waals surface area (Å²) in [7, 11) is 0. The zero-order valence-corrected chi connectivity index (χ0v) is 17.1. The van der Waals surface area contributed by atoms with Crippen LogP contribution < -0.4 is 5.46 Å². The molecule has 3 heteroatoms. The van der Waals surface area contributed by atoms with Crippen molar-refractivity contribution in [3.63, 3.8) is 0 Å². The van der Waals surface area contributed by atoms with E-state index in [4.69, 9.17) is 4.65 Å². The summed E-state index contributed by atoms with van der Waals surface area (Å²) < 4.78 is 8.93. The Morgan fingerprint density at radius 1 is 0.741 bits per heavy atom. The molecular formula is C24H23BOS. The molecule has 0 N–H and O–H groups in total. The van der Waals surface area contributed by atoms with E-state index in [9.17, 15) is 0 Å². The maximum Gasteiger partial charge on any atom is 0.335 e. The van der Waals surface area contributed by atoms with Crippen LogP contribution in [0.1, 0.15) is 27.7 Å². The van der Waals surface area contributed by atoms with Gasteiger partial charge in [0.15, 0.2) is 0 Å². The van der Waals surface area contributed by atoms with E-state index in [1.807, 2.05) is 11.3 Å². The molecule has 0 atom stereocenters. The van der Waals surface area contributed by atoms with Crippen LogP contribution in [0.5, 0.6) is 0 Å². The topological polar surface area (TPSA) is 9.23 Å². The van der Waals surface area contributed by atoms with E-state index < -0.39 is 0 Å². The van der Waals surface area contributed by atoms with Crippen LogP contribution in [-0.4, -0.2) is 12.5 Å². The predicted molar refractivity (Wildman–Crippen MR) is 119 cm³/mol. The van der Waals surface area contributed by atoms with Gasteiger partial charge in [0.2, 0.25) is 0 Å². The van der Waals surface area contributed by atoms with Crippen LogP contribution in [0, 0.1) is 0 Å². The highest BCUT2D eigenvalue weighted by Crippen LogP contribution is 2.53. The third-order valence-corrected chi connectivity index (χ3v) is 7.65. The lowest BCUT2D eigenvalue weighted by atomic mass is 9.33. The van der Waals surface area contributed by atoms with Gasteiger partial charge < -0.3 is 4.65 Å². The molecule has 1 nitrogen and oxygen atoms in total. The quantitative estimate of drug-likeness (QED) is 0.366. The van der Waals surface area contributed by atoms with Gasteiger partial charge in [0.05, 0.1) is 0 Å². The molecule has 4 aromatic rings. The molecule has 1 saturated heterocycles. The Hall–Kier alpha value is -2.10. The summed E-state index contributed by atoms with van der Waals surface area (Å²) in [6.07, 6.45) is 0. The molecule has 0 bridgehead atoms. The fraction of sp³-hybridized carbons (Fsp3) is 0.250. The highest BCUT2D eigenvalue weighted by atomic mass is 32.1. The van der Waals surface area contributed by atoms with Gasteiger partial charge in [-0.25, -0.2) is 0 Å². The zero-order valence-electron chi connectivity index (χ0n) is 16.2. The molecule has 134 valence electrons. The Balaban J connectivity index is 1.56. The first-order valence-corrected chi connectivity index (χ1v) is 10.4. The van der Waals surface area contributed by atoms with E-state index in [0.717, 1.165) is 0 Å². The second kappa shape index (κ2) is 5.70. The Morgan fingerprint density at radius 3 is 2.26 bits per heavy atom. The first kappa shape index (κ1) is 17.0. The zero-order chi connectivity index (χ0) is 18.8. The normalized spacial score (nSPS) is 18.0. The molecule has 1 aliphatic rings. The number of hydrogen-bond donors (Lipinski definition) is 0. The number of benzene rings is 3. The fourth-order valence-corrected chi connectivity index (χ4v) is 5.27. The monoisotopic (exact) mass is 370 g/mol. The average molecular weight is 370 g/mol. The number of rotatable bonds is 2. The van der Waals surface area contributed by atoms with Gasteiger partial charge in [-0.05, 0) is 42.6 Å². The summed E-state index contributed by atoms with van der Waals surface area (Å²) in [5, 5.41) is 2.83. The van der Waals surface area contributed by atoms with Crippen molar-refractivity contribution in [2.75, 3.05) is 0 Å². The van der Waals surface area contributed by atoms with Crippen LogP contribution in [0.3, 0.4) is 0 Å². The molecule has 0 radical (unpaired) electrons. The van der Waals surface area contributed by atoms with Crippen molar-refractivity contribution in [2.45, 2.75) is 38.6 Å². The molecule has 0 spiro atoms. The molecule has 0 aliphatic carbocycles. The predicted octanol–water partition coefficient (Wildman–Crippen LogP) is 6.51. The summed E-state index contributed by atoms with van der Waals surface area (Å²) in [5.74, 6) is 0. The van der Waals surface area contributed by atoms with Crippen molar-refractivity contribution >= 4 is 43.9 Å². The van der Waals surface area contributed by atoms with Gasteiger partial charge in [0, 0.05) is 31.1 Å². The molecule has 27 heavy (non-hydrogen) atoms. The van der Waals surface area contributed by atoms with Gasteiger partial charge in [-0.3, -0.25) is 0 Å². The van der Waals surface area contributed by atoms with Gasteiger partial charge in [0.1, 0.15) is 0 Å². The molecule has 1 fully saturated rings. The SMILES string of the molecule is CC1(C)OB(c2cccc(-c3ccc4c(c3)sc3ccccc34)c2)C1(C)C. The van der Waals surface area contributed by atoms with Gasteiger partial charge in [-0.2, -0.15) is 0 Å². The maximum absolute atomic E-state index is 6.23. The summed E-state index contributed by atoms with van der Waals surface area (Å²) in [6.45, 7) is 9.13. The van der Waals surface area contributed by atoms with Crippen LogP contribution in [0.15, 0.2) is 66.7 Å². The van der Waals surface area contributed by atoms with Crippen LogP contribution in [0.2, 0.25) is 5.31 Å². The fourth-order valence-electron chi connectivity index (χ4n) is 4.12. The largest absolute Gasteiger partial charge is 0.425 e. The van der Waals surface area contributed by atoms with E-state index in [-0.39, 0.29) is 17.8 Å². The van der Waals surface area contributed by atoms with E-state index in [2.05, 4.69) is 94.4 Å². The number of hydrogen-bond acceptors (Lipinski definition) is 2. The van der Waals surface area contributed by atoms with Crippen LogP contribution >= 0.6 is 11.3 Å². The molecule has 1 aliphatic heterocycles. The van der Waals surface area contributed by atoms with Crippen molar-refractivity contribution in [2.24, 2.45) is 0 Å². The molecule has 0 amide bonds. The lowest BCUT2D eigenvalue weighted by Gasteiger charge is -2.57. The third-order valence-electron chi connectivity index (χ3n) is 6.52. The standard InChI is InChI=1S/C24H23BOS/c1-23(2)24(3,4)26-25(23)18-9-7-8-16(14-18)17-12-13-20-19-10-5-6-11-21(19)27-22(20)15-17/h5-15H,1-4H3. The van der Waals surface area contributed by atoms with Crippen LogP contribution in [0.4, 0.5) is 0 Å². The number of fused-ring (bicyclic) bond motifs is 3. The van der Waals surface area contributed by atoms with Crippen LogP contribution in [-0.2, 0) is 4.65 Å². The lowest BCUT2D eigenvalue weighted by molar-refractivity contribution is -0.00939. The number of thiophene rings is 1. The van der Waals surface area contributed by atoms with Crippen molar-refractivity contribution in [3.05, 3.63) is 66.7 Å². The van der Waals surface area contributed by atoms with E-state index in [1.54, 1.807) is 0 Å². The van der Waals surface area contributed by atoms with E-state index >= 15 is 0 Å². The van der Waals surface area contributed by atoms with Crippen molar-refractivity contribution in [1.29, 1.82) is 0 Å². The smallest absolute Gasteiger partial charge is 0.335 e. The Bertz CT molecular complexity index is 1170. The van der Waals surface area contributed by atoms with Gasteiger partial charge in [0.25, 0.3) is 0 Å². The summed E-state index contributed by atoms with van der Waals surface area (Å²) in [5.41, 5.74) is 3.72. The molecule has 0 unspecified atom stereocenters. The minimum absolute atomic E-state index is 0.0797. The van der Waals surface area contributed by atoms with Gasteiger partial charge in [-0.1, -0.05) is 68.4 Å². The highest BCUT2D eigenvalue weighted by Gasteiger charge is 2.59. The summed E-state index contributed by atoms with van der Waals surface area (Å²) >= 11 is 1.87. The molecule has 2 heterocycles. The van der Waals surface area contributed by atoms with Crippen molar-refractivity contribution < 1.29 is 4.65 Å². The van der Waals surface area contributed by atoms with Crippen molar-refractivity contribution in [3.8, 4) is 11.1 Å². The highest BCUT2D eigenvalue weighted by molar-refractivity contribution is 7.25. The minimum atomic E-state index is -0.0797. The second-order valence-corrected chi connectivity index (χ2v) is 9.75. The second-order valence-electron chi connectivity index (χ2n) is 8.66. The molecule has 1 aromatic heterocycles. The van der Waals surface area contributed by atoms with Gasteiger partial charge >= 0.3 is 6.92 Å². The average Bonchev–Trinajstić information content (AvgIpc) is 3.04. The molecule has 0 saturated carbocycles. The first-order valence-electron chi connectivity index (χ1n) is 9.56. The minimum Gasteiger partial charge on any atom is -0.425 e. The Morgan fingerprint density at radius 2 is 1.48 bits per heavy atom. The van der Waals surface area contributed by atoms with E-state index in [1.165, 1.54) is 36.8 Å². The Labute approximate surface area is 165 Å². The van der Waals surface area contributed by atoms with Crippen molar-refractivity contribution in [1.82, 2.24) is 0 Å². The summed E-state index contributed by atoms with van der Waals surface area (Å²) in [4.78, 5) is 0. The molecule has 3 aromatic carbocycles. The lowest BCUT2D eigenvalue weighted by Crippen LogP contribution is -2.66. The van der Waals surface area contributed by atoms with Gasteiger partial charge in [-0.15, -0.1) is 11.3 Å². The first-order chi connectivity index (χ1) is 12.9. The third kappa shape index (κ3) is 2.49.